The van der Waals surface area contributed by atoms with Gasteiger partial charge in [0.1, 0.15) is 6.33 Å². The molecule has 0 unspecified atom stereocenters. The van der Waals surface area contributed by atoms with Crippen molar-refractivity contribution in [3.63, 3.8) is 0 Å². The van der Waals surface area contributed by atoms with Gasteiger partial charge in [0.25, 0.3) is 0 Å². The molecule has 180 valence electrons. The fourth-order valence-corrected chi connectivity index (χ4v) is 4.33. The average molecular weight is 486 g/mol. The molecule has 8 heteroatoms. The third-order valence-corrected chi connectivity index (χ3v) is 6.24. The zero-order chi connectivity index (χ0) is 25.4. The number of nitrogens with zero attached hydrogens (tertiary/aromatic N) is 5. The minimum absolute atomic E-state index is 0.0595. The quantitative estimate of drug-likeness (QED) is 0.315. The van der Waals surface area contributed by atoms with E-state index >= 15 is 0 Å². The summed E-state index contributed by atoms with van der Waals surface area (Å²) in [5, 5.41) is 4.80. The van der Waals surface area contributed by atoms with Crippen LogP contribution >= 0.6 is 0 Å². The first-order valence-electron chi connectivity index (χ1n) is 12.0. The number of fused-ring (bicyclic) bond motifs is 2. The lowest BCUT2D eigenvalue weighted by Gasteiger charge is -2.10. The second kappa shape index (κ2) is 9.23. The number of carbonyl (C=O) groups is 1. The van der Waals surface area contributed by atoms with Crippen LogP contribution in [-0.2, 0) is 4.79 Å². The summed E-state index contributed by atoms with van der Waals surface area (Å²) < 4.78 is 0. The van der Waals surface area contributed by atoms with Gasteiger partial charge in [-0.1, -0.05) is 32.0 Å². The molecule has 0 aliphatic rings. The molecular formula is C29H23N7O. The molecule has 0 aliphatic heterocycles. The van der Waals surface area contributed by atoms with Crippen molar-refractivity contribution in [2.24, 2.45) is 5.92 Å². The highest BCUT2D eigenvalue weighted by atomic mass is 16.1. The highest BCUT2D eigenvalue weighted by Gasteiger charge is 2.15. The summed E-state index contributed by atoms with van der Waals surface area (Å²) in [6.45, 7) is 3.70. The van der Waals surface area contributed by atoms with E-state index in [9.17, 15) is 4.79 Å². The van der Waals surface area contributed by atoms with E-state index in [0.717, 1.165) is 49.9 Å². The number of hydrogen-bond acceptors (Lipinski definition) is 6. The van der Waals surface area contributed by atoms with Crippen molar-refractivity contribution in [2.45, 2.75) is 13.8 Å². The fourth-order valence-electron chi connectivity index (χ4n) is 4.33. The Bertz CT molecular complexity index is 1760. The van der Waals surface area contributed by atoms with Gasteiger partial charge in [0, 0.05) is 63.7 Å². The normalized spacial score (nSPS) is 11.3. The molecule has 37 heavy (non-hydrogen) atoms. The van der Waals surface area contributed by atoms with Crippen LogP contribution < -0.4 is 5.32 Å². The Morgan fingerprint density at radius 1 is 0.838 bits per heavy atom. The molecule has 0 spiro atoms. The van der Waals surface area contributed by atoms with E-state index in [4.69, 9.17) is 0 Å². The summed E-state index contributed by atoms with van der Waals surface area (Å²) in [6.07, 6.45) is 10.3. The van der Waals surface area contributed by atoms with Gasteiger partial charge in [-0.2, -0.15) is 0 Å². The summed E-state index contributed by atoms with van der Waals surface area (Å²) in [4.78, 5) is 37.9. The number of pyridine rings is 3. The second-order valence-corrected chi connectivity index (χ2v) is 9.12. The minimum atomic E-state index is -0.124. The van der Waals surface area contributed by atoms with Gasteiger partial charge in [-0.25, -0.2) is 15.0 Å². The topological polar surface area (TPSA) is 109 Å². The van der Waals surface area contributed by atoms with Gasteiger partial charge in [-0.05, 0) is 35.9 Å². The van der Waals surface area contributed by atoms with Crippen LogP contribution in [0.5, 0.6) is 0 Å². The van der Waals surface area contributed by atoms with E-state index in [2.05, 4.69) is 53.4 Å². The highest BCUT2D eigenvalue weighted by molar-refractivity contribution is 6.01. The minimum Gasteiger partial charge on any atom is -0.353 e. The first-order valence-corrected chi connectivity index (χ1v) is 12.0. The Morgan fingerprint density at radius 3 is 2.54 bits per heavy atom. The lowest BCUT2D eigenvalue weighted by Crippen LogP contribution is -2.17. The zero-order valence-corrected chi connectivity index (χ0v) is 20.3. The van der Waals surface area contributed by atoms with Crippen LogP contribution in [0.25, 0.3) is 55.6 Å². The molecule has 0 fully saturated rings. The number of hydrogen-bond donors (Lipinski definition) is 2. The van der Waals surface area contributed by atoms with Crippen LogP contribution in [0.1, 0.15) is 13.8 Å². The largest absolute Gasteiger partial charge is 0.353 e. The van der Waals surface area contributed by atoms with Crippen molar-refractivity contribution in [3.05, 3.63) is 85.8 Å². The molecule has 0 saturated heterocycles. The Hall–Kier alpha value is -4.98. The van der Waals surface area contributed by atoms with E-state index in [1.807, 2.05) is 50.4 Å². The Kier molecular flexibility index (Phi) is 5.61. The molecule has 1 aromatic carbocycles. The number of aromatic amines is 1. The second-order valence-electron chi connectivity index (χ2n) is 9.12. The summed E-state index contributed by atoms with van der Waals surface area (Å²) >= 11 is 0. The van der Waals surface area contributed by atoms with Crippen molar-refractivity contribution in [2.75, 3.05) is 5.32 Å². The Morgan fingerprint density at radius 2 is 1.70 bits per heavy atom. The van der Waals surface area contributed by atoms with Crippen LogP contribution in [0.3, 0.4) is 0 Å². The number of amides is 1. The van der Waals surface area contributed by atoms with E-state index in [1.54, 1.807) is 24.8 Å². The third-order valence-electron chi connectivity index (χ3n) is 6.24. The maximum Gasteiger partial charge on any atom is 0.226 e. The molecule has 6 aromatic rings. The van der Waals surface area contributed by atoms with Gasteiger partial charge in [0.05, 0.1) is 23.3 Å². The van der Waals surface area contributed by atoms with Crippen molar-refractivity contribution in [1.29, 1.82) is 0 Å². The molecule has 0 saturated carbocycles. The van der Waals surface area contributed by atoms with E-state index in [0.29, 0.717) is 11.3 Å². The Balaban J connectivity index is 1.44. The molecule has 1 amide bonds. The lowest BCUT2D eigenvalue weighted by atomic mass is 10.0. The highest BCUT2D eigenvalue weighted by Crippen LogP contribution is 2.34. The molecule has 8 nitrogen and oxygen atoms in total. The van der Waals surface area contributed by atoms with Gasteiger partial charge >= 0.3 is 0 Å². The van der Waals surface area contributed by atoms with Crippen molar-refractivity contribution >= 4 is 33.5 Å². The number of aromatic nitrogens is 6. The third kappa shape index (κ3) is 4.29. The molecule has 5 heterocycles. The number of anilines is 1. The summed E-state index contributed by atoms with van der Waals surface area (Å²) in [7, 11) is 0. The van der Waals surface area contributed by atoms with Crippen LogP contribution in [0.15, 0.2) is 85.8 Å². The van der Waals surface area contributed by atoms with Crippen molar-refractivity contribution in [3.8, 4) is 33.6 Å². The molecule has 0 atom stereocenters. The molecule has 5 aromatic heterocycles. The summed E-state index contributed by atoms with van der Waals surface area (Å²) in [5.41, 5.74) is 7.69. The van der Waals surface area contributed by atoms with Gasteiger partial charge in [-0.3, -0.25) is 14.8 Å². The van der Waals surface area contributed by atoms with E-state index < -0.39 is 0 Å². The number of H-pyrrole nitrogens is 1. The predicted octanol–water partition coefficient (Wildman–Crippen LogP) is 5.89. The molecule has 0 aliphatic carbocycles. The SMILES string of the molecule is CC(C)C(=O)Nc1cncc(-c2cnc3ncnc(-c4cc5c(-c6cccnc6)cccc5[nH]4)c3c2)c1. The maximum absolute atomic E-state index is 12.2. The van der Waals surface area contributed by atoms with Gasteiger partial charge < -0.3 is 10.3 Å². The van der Waals surface area contributed by atoms with Gasteiger partial charge in [0.15, 0.2) is 5.65 Å². The fraction of sp³-hybridized carbons (Fsp3) is 0.103. The summed E-state index contributed by atoms with van der Waals surface area (Å²) in [6, 6.07) is 16.2. The molecular weight excluding hydrogens is 462 g/mol. The number of nitrogens with one attached hydrogen (secondary N) is 2. The lowest BCUT2D eigenvalue weighted by molar-refractivity contribution is -0.118. The standard InChI is InChI=1S/C29H23N7O/c1-17(2)29(37)35-21-9-19(13-31-15-21)20-10-24-27(33-16-34-28(24)32-14-20)26-11-23-22(6-3-7-25(23)36-26)18-5-4-8-30-12-18/h3-17,36H,1-2H3,(H,35,37). The number of carbonyl (C=O) groups excluding carboxylic acids is 1. The Labute approximate surface area is 212 Å². The molecule has 2 N–H and O–H groups in total. The number of rotatable bonds is 5. The molecule has 0 bridgehead atoms. The van der Waals surface area contributed by atoms with Gasteiger partial charge in [-0.15, -0.1) is 0 Å². The first kappa shape index (κ1) is 22.5. The van der Waals surface area contributed by atoms with Crippen LogP contribution in [0.2, 0.25) is 0 Å². The van der Waals surface area contributed by atoms with E-state index in [1.165, 1.54) is 6.33 Å². The van der Waals surface area contributed by atoms with Crippen LogP contribution in [0, 0.1) is 5.92 Å². The number of benzene rings is 1. The monoisotopic (exact) mass is 485 g/mol. The average Bonchev–Trinajstić information content (AvgIpc) is 3.37. The predicted molar refractivity (Wildman–Crippen MR) is 145 cm³/mol. The van der Waals surface area contributed by atoms with Crippen LogP contribution in [-0.4, -0.2) is 35.8 Å². The van der Waals surface area contributed by atoms with Crippen LogP contribution in [0.4, 0.5) is 5.69 Å². The first-order chi connectivity index (χ1) is 18.1. The van der Waals surface area contributed by atoms with Crippen molar-refractivity contribution in [1.82, 2.24) is 29.9 Å². The molecule has 6 rings (SSSR count). The summed E-state index contributed by atoms with van der Waals surface area (Å²) in [5.74, 6) is -0.184. The van der Waals surface area contributed by atoms with Gasteiger partial charge in [0.2, 0.25) is 5.91 Å². The zero-order valence-electron chi connectivity index (χ0n) is 20.3. The maximum atomic E-state index is 12.2. The smallest absolute Gasteiger partial charge is 0.226 e. The van der Waals surface area contributed by atoms with Crippen molar-refractivity contribution < 1.29 is 4.79 Å². The van der Waals surface area contributed by atoms with E-state index in [-0.39, 0.29) is 11.8 Å². The molecule has 0 radical (unpaired) electrons.